The molecule has 0 spiro atoms. The number of ether oxygens (including phenoxy) is 3. The van der Waals surface area contributed by atoms with Crippen molar-refractivity contribution in [3.05, 3.63) is 0 Å². The van der Waals surface area contributed by atoms with Crippen LogP contribution in [0, 0.1) is 0 Å². The molecular formula is C43H83NO8. The van der Waals surface area contributed by atoms with Crippen LogP contribution in [-0.4, -0.2) is 57.6 Å². The van der Waals surface area contributed by atoms with Gasteiger partial charge in [-0.05, 0) is 12.8 Å². The Kier molecular flexibility index (Phi) is 40.4. The fraction of sp³-hybridized carbons (Fsp3) is 0.930. The van der Waals surface area contributed by atoms with E-state index in [1.165, 1.54) is 161 Å². The molecule has 0 aromatic heterocycles. The van der Waals surface area contributed by atoms with Crippen LogP contribution < -0.4 is 5.32 Å². The zero-order valence-corrected chi connectivity index (χ0v) is 34.3. The Labute approximate surface area is 320 Å². The fourth-order valence-electron chi connectivity index (χ4n) is 6.35. The van der Waals surface area contributed by atoms with E-state index in [-0.39, 0.29) is 38.3 Å². The summed E-state index contributed by atoms with van der Waals surface area (Å²) in [5.41, 5.74) is 0. The van der Waals surface area contributed by atoms with E-state index in [0.29, 0.717) is 12.8 Å². The second-order valence-corrected chi connectivity index (χ2v) is 14.7. The van der Waals surface area contributed by atoms with Gasteiger partial charge in [0.1, 0.15) is 13.2 Å². The van der Waals surface area contributed by atoms with Crippen LogP contribution in [-0.2, 0) is 33.6 Å². The minimum Gasteiger partial charge on any atom is -0.462 e. The first kappa shape index (κ1) is 50.1. The maximum absolute atomic E-state index is 12.6. The molecule has 0 radical (unpaired) electrons. The molecule has 1 amide bonds. The van der Waals surface area contributed by atoms with Crippen LogP contribution in [0.5, 0.6) is 0 Å². The first-order valence-corrected chi connectivity index (χ1v) is 21.9. The van der Waals surface area contributed by atoms with Gasteiger partial charge in [0.2, 0.25) is 0 Å². The van der Waals surface area contributed by atoms with Crippen LogP contribution in [0.15, 0.2) is 0 Å². The van der Waals surface area contributed by atoms with Gasteiger partial charge < -0.3 is 19.5 Å². The molecule has 0 rings (SSSR count). The summed E-state index contributed by atoms with van der Waals surface area (Å²) in [6.45, 7) is 4.67. The minimum absolute atomic E-state index is 0.0743. The van der Waals surface area contributed by atoms with Gasteiger partial charge in [-0.2, -0.15) is 0 Å². The Morgan fingerprint density at radius 1 is 0.462 bits per heavy atom. The van der Waals surface area contributed by atoms with Crippen LogP contribution in [0.4, 0.5) is 4.79 Å². The van der Waals surface area contributed by atoms with Crippen molar-refractivity contribution in [1.29, 1.82) is 0 Å². The number of nitrogens with one attached hydrogen (secondary N) is 1. The maximum atomic E-state index is 12.6. The molecule has 0 aliphatic heterocycles. The highest BCUT2D eigenvalue weighted by Crippen LogP contribution is 2.16. The third-order valence-electron chi connectivity index (χ3n) is 9.67. The zero-order valence-electron chi connectivity index (χ0n) is 34.3. The van der Waals surface area contributed by atoms with Crippen molar-refractivity contribution in [2.24, 2.45) is 0 Å². The fourth-order valence-corrected chi connectivity index (χ4v) is 6.35. The lowest BCUT2D eigenvalue weighted by molar-refractivity contribution is -0.305. The number of carbonyl (C=O) groups excluding carboxylic acids is 3. The molecule has 0 aliphatic carbocycles. The van der Waals surface area contributed by atoms with Crippen LogP contribution in [0.25, 0.3) is 0 Å². The lowest BCUT2D eigenvalue weighted by Crippen LogP contribution is -2.31. The molecule has 0 aromatic carbocycles. The Hall–Kier alpha value is -1.87. The number of carbonyl (C=O) groups is 3. The lowest BCUT2D eigenvalue weighted by Gasteiger charge is -2.18. The van der Waals surface area contributed by atoms with Crippen molar-refractivity contribution in [3.63, 3.8) is 0 Å². The van der Waals surface area contributed by atoms with E-state index in [0.717, 1.165) is 38.5 Å². The summed E-state index contributed by atoms with van der Waals surface area (Å²) in [5.74, 6) is -0.615. The first-order valence-electron chi connectivity index (χ1n) is 21.9. The minimum atomic E-state index is -0.762. The van der Waals surface area contributed by atoms with E-state index in [1.807, 2.05) is 0 Å². The Morgan fingerprint density at radius 3 is 1.21 bits per heavy atom. The molecule has 1 N–H and O–H groups in total. The van der Waals surface area contributed by atoms with Gasteiger partial charge in [0, 0.05) is 19.4 Å². The molecule has 52 heavy (non-hydrogen) atoms. The van der Waals surface area contributed by atoms with E-state index in [4.69, 9.17) is 19.2 Å². The summed E-state index contributed by atoms with van der Waals surface area (Å²) in [6.07, 6.45) is 37.5. The van der Waals surface area contributed by atoms with E-state index >= 15 is 0 Å². The van der Waals surface area contributed by atoms with E-state index in [2.05, 4.69) is 23.9 Å². The first-order chi connectivity index (χ1) is 25.5. The van der Waals surface area contributed by atoms with Gasteiger partial charge in [-0.15, -0.1) is 0 Å². The Morgan fingerprint density at radius 2 is 0.827 bits per heavy atom. The van der Waals surface area contributed by atoms with Gasteiger partial charge in [-0.1, -0.05) is 194 Å². The molecule has 0 saturated heterocycles. The molecule has 0 aromatic rings. The number of alkyl carbamates (subject to hydrolysis) is 1. The summed E-state index contributed by atoms with van der Waals surface area (Å²) < 4.78 is 15.6. The number of hydrogen-bond acceptors (Lipinski definition) is 8. The molecule has 9 nitrogen and oxygen atoms in total. The number of methoxy groups -OCH3 is 1. The molecule has 0 unspecified atom stereocenters. The molecule has 0 heterocycles. The molecule has 0 aliphatic rings. The number of unbranched alkanes of at least 4 members (excludes halogenated alkanes) is 28. The average Bonchev–Trinajstić information content (AvgIpc) is 3.14. The zero-order chi connectivity index (χ0) is 38.0. The van der Waals surface area contributed by atoms with Crippen molar-refractivity contribution >= 4 is 18.0 Å². The molecule has 308 valence electrons. The van der Waals surface area contributed by atoms with Crippen molar-refractivity contribution in [1.82, 2.24) is 5.32 Å². The smallest absolute Gasteiger partial charge is 0.406 e. The Balaban J connectivity index is 4.07. The third-order valence-corrected chi connectivity index (χ3v) is 9.67. The van der Waals surface area contributed by atoms with Gasteiger partial charge in [0.15, 0.2) is 6.10 Å². The van der Waals surface area contributed by atoms with Crippen LogP contribution >= 0.6 is 0 Å². The molecule has 0 fully saturated rings. The second kappa shape index (κ2) is 41.9. The van der Waals surface area contributed by atoms with Gasteiger partial charge in [-0.25, -0.2) is 14.6 Å². The van der Waals surface area contributed by atoms with Crippen molar-refractivity contribution < 1.29 is 38.4 Å². The van der Waals surface area contributed by atoms with Gasteiger partial charge in [-0.3, -0.25) is 9.59 Å². The second-order valence-electron chi connectivity index (χ2n) is 14.7. The standard InChI is InChI=1S/C43H83NO8/c1-4-6-8-10-12-14-16-18-20-22-24-26-28-30-32-34-41(45)49-38-40(39-51-50-37-36-44-43(47)48-3)52-42(46)35-33-31-29-27-25-23-21-19-17-15-13-11-9-7-5-2/h40H,4-39H2,1-3H3,(H,44,47)/t40-/m1/s1. The molecule has 9 heteroatoms. The number of rotatable bonds is 41. The average molecular weight is 742 g/mol. The van der Waals surface area contributed by atoms with E-state index in [1.54, 1.807) is 0 Å². The predicted octanol–water partition coefficient (Wildman–Crippen LogP) is 12.3. The van der Waals surface area contributed by atoms with E-state index in [9.17, 15) is 14.4 Å². The summed E-state index contributed by atoms with van der Waals surface area (Å²) in [5, 5.41) is 2.49. The van der Waals surface area contributed by atoms with Gasteiger partial charge in [0.25, 0.3) is 0 Å². The summed E-state index contributed by atoms with van der Waals surface area (Å²) in [4.78, 5) is 46.5. The van der Waals surface area contributed by atoms with Crippen molar-refractivity contribution in [2.45, 2.75) is 225 Å². The van der Waals surface area contributed by atoms with Crippen LogP contribution in [0.2, 0.25) is 0 Å². The number of hydrogen-bond donors (Lipinski definition) is 1. The highest BCUT2D eigenvalue weighted by molar-refractivity contribution is 5.70. The normalized spacial score (nSPS) is 11.8. The SMILES string of the molecule is CCCCCCCCCCCCCCCCCC(=O)OC[C@H](COOCCNC(=O)OC)OC(=O)CCCCCCCCCCCCCCCCC. The number of esters is 2. The Bertz CT molecular complexity index is 780. The molecule has 1 atom stereocenters. The van der Waals surface area contributed by atoms with Crippen molar-refractivity contribution in [2.75, 3.05) is 33.5 Å². The predicted molar refractivity (Wildman–Crippen MR) is 212 cm³/mol. The third kappa shape index (κ3) is 39.3. The monoisotopic (exact) mass is 742 g/mol. The lowest BCUT2D eigenvalue weighted by atomic mass is 10.0. The number of amides is 1. The summed E-state index contributed by atoms with van der Waals surface area (Å²) in [6, 6.07) is 0. The maximum Gasteiger partial charge on any atom is 0.406 e. The summed E-state index contributed by atoms with van der Waals surface area (Å²) in [7, 11) is 1.28. The highest BCUT2D eigenvalue weighted by Gasteiger charge is 2.18. The molecule has 0 bridgehead atoms. The largest absolute Gasteiger partial charge is 0.462 e. The van der Waals surface area contributed by atoms with E-state index < -0.39 is 12.2 Å². The topological polar surface area (TPSA) is 109 Å². The molecular weight excluding hydrogens is 658 g/mol. The molecule has 0 saturated carbocycles. The van der Waals surface area contributed by atoms with Gasteiger partial charge >= 0.3 is 18.0 Å². The van der Waals surface area contributed by atoms with Gasteiger partial charge in [0.05, 0.1) is 13.7 Å². The summed E-state index contributed by atoms with van der Waals surface area (Å²) >= 11 is 0. The quantitative estimate of drug-likeness (QED) is 0.0217. The van der Waals surface area contributed by atoms with Crippen LogP contribution in [0.1, 0.15) is 219 Å². The van der Waals surface area contributed by atoms with Crippen LogP contribution in [0.3, 0.4) is 0 Å². The highest BCUT2D eigenvalue weighted by atomic mass is 17.2. The van der Waals surface area contributed by atoms with Crippen molar-refractivity contribution in [3.8, 4) is 0 Å².